The Balaban J connectivity index is 1.87. The SMILES string of the molecule is Cc1coc(C)c1C(=O)N1CCC[C@H]2CN(C)C[C@H]21. The lowest BCUT2D eigenvalue weighted by Crippen LogP contribution is -2.48. The van der Waals surface area contributed by atoms with Gasteiger partial charge in [0, 0.05) is 31.2 Å². The molecule has 4 nitrogen and oxygen atoms in total. The fourth-order valence-electron chi connectivity index (χ4n) is 3.68. The Bertz CT molecular complexity index is 475. The van der Waals surface area contributed by atoms with Crippen LogP contribution in [-0.2, 0) is 0 Å². The van der Waals surface area contributed by atoms with Crippen molar-refractivity contribution in [2.24, 2.45) is 5.92 Å². The van der Waals surface area contributed by atoms with Gasteiger partial charge < -0.3 is 14.2 Å². The van der Waals surface area contributed by atoms with E-state index < -0.39 is 0 Å². The van der Waals surface area contributed by atoms with Gasteiger partial charge in [0.25, 0.3) is 5.91 Å². The molecule has 19 heavy (non-hydrogen) atoms. The zero-order valence-electron chi connectivity index (χ0n) is 12.0. The van der Waals surface area contributed by atoms with Crippen LogP contribution in [0.1, 0.15) is 34.5 Å². The van der Waals surface area contributed by atoms with E-state index in [4.69, 9.17) is 4.42 Å². The minimum atomic E-state index is 0.161. The molecule has 0 N–H and O–H groups in total. The van der Waals surface area contributed by atoms with Crippen molar-refractivity contribution in [3.05, 3.63) is 23.2 Å². The number of furan rings is 1. The van der Waals surface area contributed by atoms with Crippen LogP contribution in [-0.4, -0.2) is 48.4 Å². The summed E-state index contributed by atoms with van der Waals surface area (Å²) < 4.78 is 5.38. The Morgan fingerprint density at radius 3 is 2.84 bits per heavy atom. The van der Waals surface area contributed by atoms with E-state index in [2.05, 4.69) is 16.8 Å². The molecule has 2 saturated heterocycles. The van der Waals surface area contributed by atoms with Crippen LogP contribution in [0.2, 0.25) is 0 Å². The highest BCUT2D eigenvalue weighted by Crippen LogP contribution is 2.31. The highest BCUT2D eigenvalue weighted by Gasteiger charge is 2.40. The zero-order valence-corrected chi connectivity index (χ0v) is 12.0. The van der Waals surface area contributed by atoms with Crippen molar-refractivity contribution in [3.8, 4) is 0 Å². The van der Waals surface area contributed by atoms with Crippen LogP contribution in [0.5, 0.6) is 0 Å². The first kappa shape index (κ1) is 12.7. The molecule has 2 aliphatic rings. The van der Waals surface area contributed by atoms with Gasteiger partial charge in [-0.3, -0.25) is 4.79 Å². The number of carbonyl (C=O) groups excluding carboxylic acids is 1. The van der Waals surface area contributed by atoms with Gasteiger partial charge >= 0.3 is 0 Å². The fraction of sp³-hybridized carbons (Fsp3) is 0.667. The second-order valence-electron chi connectivity index (χ2n) is 6.04. The van der Waals surface area contributed by atoms with Crippen LogP contribution < -0.4 is 0 Å². The Morgan fingerprint density at radius 1 is 1.37 bits per heavy atom. The maximum absolute atomic E-state index is 12.8. The number of amides is 1. The minimum Gasteiger partial charge on any atom is -0.469 e. The molecule has 0 radical (unpaired) electrons. The highest BCUT2D eigenvalue weighted by atomic mass is 16.3. The number of likely N-dealkylation sites (N-methyl/N-ethyl adjacent to an activating group) is 1. The number of hydrogen-bond acceptors (Lipinski definition) is 3. The van der Waals surface area contributed by atoms with Crippen molar-refractivity contribution < 1.29 is 9.21 Å². The second kappa shape index (κ2) is 4.67. The predicted octanol–water partition coefficient (Wildman–Crippen LogP) is 2.06. The summed E-state index contributed by atoms with van der Waals surface area (Å²) in [6, 6.07) is 0.389. The summed E-state index contributed by atoms with van der Waals surface area (Å²) >= 11 is 0. The van der Waals surface area contributed by atoms with Crippen molar-refractivity contribution in [1.82, 2.24) is 9.80 Å². The van der Waals surface area contributed by atoms with Crippen LogP contribution in [0.25, 0.3) is 0 Å². The second-order valence-corrected chi connectivity index (χ2v) is 6.04. The van der Waals surface area contributed by atoms with Crippen molar-refractivity contribution in [2.75, 3.05) is 26.7 Å². The molecule has 4 heteroatoms. The first-order valence-electron chi connectivity index (χ1n) is 7.12. The fourth-order valence-corrected chi connectivity index (χ4v) is 3.68. The first-order chi connectivity index (χ1) is 9.08. The van der Waals surface area contributed by atoms with Crippen LogP contribution in [0.4, 0.5) is 0 Å². The number of nitrogens with zero attached hydrogens (tertiary/aromatic N) is 2. The summed E-state index contributed by atoms with van der Waals surface area (Å²) in [5.41, 5.74) is 1.73. The molecule has 0 bridgehead atoms. The van der Waals surface area contributed by atoms with E-state index in [0.29, 0.717) is 12.0 Å². The third-order valence-corrected chi connectivity index (χ3v) is 4.60. The molecule has 0 saturated carbocycles. The van der Waals surface area contributed by atoms with Gasteiger partial charge in [0.1, 0.15) is 5.76 Å². The molecule has 3 heterocycles. The molecule has 0 aliphatic carbocycles. The number of carbonyl (C=O) groups is 1. The summed E-state index contributed by atoms with van der Waals surface area (Å²) in [7, 11) is 2.15. The number of piperidine rings is 1. The molecule has 0 aromatic carbocycles. The molecule has 3 rings (SSSR count). The van der Waals surface area contributed by atoms with Gasteiger partial charge in [-0.15, -0.1) is 0 Å². The maximum Gasteiger partial charge on any atom is 0.257 e. The van der Waals surface area contributed by atoms with Gasteiger partial charge in [0.2, 0.25) is 0 Å². The summed E-state index contributed by atoms with van der Waals surface area (Å²) in [4.78, 5) is 17.2. The molecule has 0 spiro atoms. The van der Waals surface area contributed by atoms with E-state index in [1.54, 1.807) is 6.26 Å². The van der Waals surface area contributed by atoms with E-state index in [0.717, 1.165) is 42.9 Å². The van der Waals surface area contributed by atoms with Crippen LogP contribution >= 0.6 is 0 Å². The first-order valence-corrected chi connectivity index (χ1v) is 7.12. The monoisotopic (exact) mass is 262 g/mol. The van der Waals surface area contributed by atoms with E-state index >= 15 is 0 Å². The predicted molar refractivity (Wildman–Crippen MR) is 73.2 cm³/mol. The van der Waals surface area contributed by atoms with Gasteiger partial charge in [-0.25, -0.2) is 0 Å². The van der Waals surface area contributed by atoms with Gasteiger partial charge in [0.15, 0.2) is 0 Å². The minimum absolute atomic E-state index is 0.161. The number of likely N-dealkylation sites (tertiary alicyclic amines) is 2. The molecule has 2 fully saturated rings. The number of hydrogen-bond donors (Lipinski definition) is 0. The molecular weight excluding hydrogens is 240 g/mol. The van der Waals surface area contributed by atoms with Gasteiger partial charge in [-0.2, -0.15) is 0 Å². The van der Waals surface area contributed by atoms with E-state index in [9.17, 15) is 4.79 Å². The molecule has 0 unspecified atom stereocenters. The van der Waals surface area contributed by atoms with Crippen molar-refractivity contribution >= 4 is 5.91 Å². The Labute approximate surface area is 114 Å². The molecule has 2 atom stereocenters. The topological polar surface area (TPSA) is 36.7 Å². The van der Waals surface area contributed by atoms with E-state index in [-0.39, 0.29) is 5.91 Å². The largest absolute Gasteiger partial charge is 0.469 e. The molecule has 2 aliphatic heterocycles. The summed E-state index contributed by atoms with van der Waals surface area (Å²) in [5, 5.41) is 0. The molecule has 1 amide bonds. The quantitative estimate of drug-likeness (QED) is 0.777. The summed E-state index contributed by atoms with van der Waals surface area (Å²) in [6.07, 6.45) is 4.06. The van der Waals surface area contributed by atoms with Crippen molar-refractivity contribution in [1.29, 1.82) is 0 Å². The van der Waals surface area contributed by atoms with E-state index in [1.165, 1.54) is 6.42 Å². The summed E-state index contributed by atoms with van der Waals surface area (Å²) in [6.45, 7) is 6.84. The van der Waals surface area contributed by atoms with Gasteiger partial charge in [0.05, 0.1) is 11.8 Å². The van der Waals surface area contributed by atoms with Crippen molar-refractivity contribution in [3.63, 3.8) is 0 Å². The Kier molecular flexibility index (Phi) is 3.13. The third kappa shape index (κ3) is 2.08. The highest BCUT2D eigenvalue weighted by molar-refractivity contribution is 5.96. The normalized spacial score (nSPS) is 27.6. The maximum atomic E-state index is 12.8. The molecule has 104 valence electrons. The smallest absolute Gasteiger partial charge is 0.257 e. The van der Waals surface area contributed by atoms with Crippen LogP contribution in [0.3, 0.4) is 0 Å². The van der Waals surface area contributed by atoms with E-state index in [1.807, 2.05) is 13.8 Å². The number of rotatable bonds is 1. The number of aryl methyl sites for hydroxylation is 2. The number of fused-ring (bicyclic) bond motifs is 1. The van der Waals surface area contributed by atoms with Crippen LogP contribution in [0.15, 0.2) is 10.7 Å². The average Bonchev–Trinajstić information content (AvgIpc) is 2.90. The zero-order chi connectivity index (χ0) is 13.6. The van der Waals surface area contributed by atoms with Crippen molar-refractivity contribution in [2.45, 2.75) is 32.7 Å². The van der Waals surface area contributed by atoms with Crippen LogP contribution in [0, 0.1) is 19.8 Å². The van der Waals surface area contributed by atoms with Gasteiger partial charge in [-0.1, -0.05) is 0 Å². The lowest BCUT2D eigenvalue weighted by Gasteiger charge is -2.37. The summed E-state index contributed by atoms with van der Waals surface area (Å²) in [5.74, 6) is 1.56. The lowest BCUT2D eigenvalue weighted by molar-refractivity contribution is 0.0569. The molecule has 1 aromatic rings. The standard InChI is InChI=1S/C15H22N2O2/c1-10-9-19-11(2)14(10)15(18)17-6-4-5-12-7-16(3)8-13(12)17/h9,12-13H,4-8H2,1-3H3/t12-,13+/m0/s1. The van der Waals surface area contributed by atoms with Gasteiger partial charge in [-0.05, 0) is 39.7 Å². The molecule has 1 aromatic heterocycles. The third-order valence-electron chi connectivity index (χ3n) is 4.60. The Morgan fingerprint density at radius 2 is 2.16 bits per heavy atom. The lowest BCUT2D eigenvalue weighted by atomic mass is 9.91. The Hall–Kier alpha value is -1.29. The molecular formula is C15H22N2O2. The average molecular weight is 262 g/mol.